The van der Waals surface area contributed by atoms with Crippen LogP contribution in [-0.2, 0) is 12.8 Å². The number of primary amides is 1. The van der Waals surface area contributed by atoms with Gasteiger partial charge < -0.3 is 20.5 Å². The lowest BCUT2D eigenvalue weighted by Crippen LogP contribution is -2.29. The van der Waals surface area contributed by atoms with Crippen molar-refractivity contribution in [3.8, 4) is 22.8 Å². The number of hydrogen-bond acceptors (Lipinski definition) is 6. The fourth-order valence-electron chi connectivity index (χ4n) is 5.57. The second-order valence-electron chi connectivity index (χ2n) is 10.9. The van der Waals surface area contributed by atoms with E-state index in [4.69, 9.17) is 20.2 Å². The molecule has 40 heavy (non-hydrogen) atoms. The van der Waals surface area contributed by atoms with Gasteiger partial charge in [0, 0.05) is 21.9 Å². The number of nitrogens with zero attached hydrogens (tertiary/aromatic N) is 1. The molecule has 0 bridgehead atoms. The number of anilines is 1. The molecule has 0 saturated carbocycles. The molecule has 2 amide bonds. The summed E-state index contributed by atoms with van der Waals surface area (Å²) in [4.78, 5) is 32.5. The third-order valence-corrected chi connectivity index (χ3v) is 9.57. The van der Waals surface area contributed by atoms with Crippen LogP contribution in [0.5, 0.6) is 11.5 Å². The lowest BCUT2D eigenvalue weighted by atomic mass is 9.69. The molecule has 4 aromatic rings. The molecule has 0 fully saturated rings. The molecule has 208 valence electrons. The maximum absolute atomic E-state index is 13.9. The lowest BCUT2D eigenvalue weighted by molar-refractivity contribution is 0.0999. The van der Waals surface area contributed by atoms with Crippen LogP contribution in [0.3, 0.4) is 0 Å². The molecule has 7 nitrogen and oxygen atoms in total. The highest BCUT2D eigenvalue weighted by Crippen LogP contribution is 2.45. The van der Waals surface area contributed by atoms with Crippen molar-refractivity contribution in [1.82, 2.24) is 4.98 Å². The molecule has 0 saturated heterocycles. The molecule has 2 aromatic carbocycles. The molecular weight excluding hydrogens is 522 g/mol. The highest BCUT2D eigenvalue weighted by atomic mass is 32.1. The zero-order chi connectivity index (χ0) is 28.6. The Morgan fingerprint density at radius 1 is 1.12 bits per heavy atom. The van der Waals surface area contributed by atoms with Gasteiger partial charge in [-0.05, 0) is 60.4 Å². The molecule has 0 radical (unpaired) electrons. The first-order chi connectivity index (χ1) is 19.2. The number of pyridine rings is 1. The molecule has 1 aliphatic rings. The Kier molecular flexibility index (Phi) is 7.55. The highest BCUT2D eigenvalue weighted by molar-refractivity contribution is 7.17. The van der Waals surface area contributed by atoms with Crippen molar-refractivity contribution in [3.63, 3.8) is 0 Å². The zero-order valence-electron chi connectivity index (χ0n) is 23.6. The van der Waals surface area contributed by atoms with Gasteiger partial charge >= 0.3 is 0 Å². The standard InChI is InChI=1S/C32H35N3O4S/c1-6-32(2,3)18-11-13-22-27(15-18)40-31(28(22)29(33)36)35-30(37)23-17-25(34-24-10-8-7-9-20(23)24)21-14-12-19(38-4)16-26(21)39-5/h7-10,12,14,16-18H,6,11,13,15H2,1-5H3,(H2,33,36)(H,35,37)/t18-/m0/s1. The summed E-state index contributed by atoms with van der Waals surface area (Å²) < 4.78 is 11.0. The van der Waals surface area contributed by atoms with Crippen molar-refractivity contribution < 1.29 is 19.1 Å². The van der Waals surface area contributed by atoms with Crippen molar-refractivity contribution >= 4 is 39.1 Å². The average molecular weight is 558 g/mol. The number of nitrogens with one attached hydrogen (secondary N) is 1. The summed E-state index contributed by atoms with van der Waals surface area (Å²) in [7, 11) is 3.18. The monoisotopic (exact) mass is 557 g/mol. The summed E-state index contributed by atoms with van der Waals surface area (Å²) in [5.74, 6) is 0.923. The molecule has 0 aliphatic heterocycles. The third-order valence-electron chi connectivity index (χ3n) is 8.40. The minimum atomic E-state index is -0.510. The van der Waals surface area contributed by atoms with Crippen molar-refractivity contribution in [2.24, 2.45) is 17.1 Å². The van der Waals surface area contributed by atoms with Crippen molar-refractivity contribution in [2.45, 2.75) is 46.5 Å². The molecule has 1 atom stereocenters. The molecule has 1 aliphatic carbocycles. The summed E-state index contributed by atoms with van der Waals surface area (Å²) in [5.41, 5.74) is 9.95. The van der Waals surface area contributed by atoms with E-state index in [1.54, 1.807) is 26.4 Å². The van der Waals surface area contributed by atoms with Crippen LogP contribution in [0, 0.1) is 11.3 Å². The van der Waals surface area contributed by atoms with E-state index in [-0.39, 0.29) is 11.3 Å². The maximum atomic E-state index is 13.9. The number of para-hydroxylation sites is 1. The van der Waals surface area contributed by atoms with Crippen LogP contribution in [0.4, 0.5) is 5.00 Å². The van der Waals surface area contributed by atoms with Gasteiger partial charge in [-0.25, -0.2) is 4.98 Å². The lowest BCUT2D eigenvalue weighted by Gasteiger charge is -2.36. The quantitative estimate of drug-likeness (QED) is 0.246. The number of rotatable bonds is 8. The Bertz CT molecular complexity index is 1610. The summed E-state index contributed by atoms with van der Waals surface area (Å²) in [6, 6.07) is 14.8. The molecule has 5 rings (SSSR count). The van der Waals surface area contributed by atoms with Gasteiger partial charge in [0.15, 0.2) is 0 Å². The van der Waals surface area contributed by atoms with Gasteiger partial charge in [-0.3, -0.25) is 9.59 Å². The van der Waals surface area contributed by atoms with E-state index < -0.39 is 5.91 Å². The van der Waals surface area contributed by atoms with Gasteiger partial charge in [0.2, 0.25) is 0 Å². The third kappa shape index (κ3) is 5.04. The molecule has 0 spiro atoms. The number of thiophene rings is 1. The van der Waals surface area contributed by atoms with Gasteiger partial charge in [-0.15, -0.1) is 11.3 Å². The van der Waals surface area contributed by atoms with Crippen LogP contribution < -0.4 is 20.5 Å². The summed E-state index contributed by atoms with van der Waals surface area (Å²) in [6.45, 7) is 6.83. The first-order valence-electron chi connectivity index (χ1n) is 13.5. The molecular formula is C32H35N3O4S. The van der Waals surface area contributed by atoms with Crippen LogP contribution in [0.25, 0.3) is 22.2 Å². The number of ether oxygens (including phenoxy) is 2. The van der Waals surface area contributed by atoms with Gasteiger partial charge in [-0.2, -0.15) is 0 Å². The van der Waals surface area contributed by atoms with Crippen LogP contribution in [-0.4, -0.2) is 31.0 Å². The fraction of sp³-hybridized carbons (Fsp3) is 0.344. The summed E-state index contributed by atoms with van der Waals surface area (Å²) in [5, 5.41) is 4.28. The number of carbonyl (C=O) groups excluding carboxylic acids is 2. The van der Waals surface area contributed by atoms with E-state index >= 15 is 0 Å². The topological polar surface area (TPSA) is 104 Å². The second-order valence-corrected chi connectivity index (χ2v) is 12.1. The normalized spacial score (nSPS) is 15.0. The van der Waals surface area contributed by atoms with Gasteiger partial charge in [0.1, 0.15) is 16.5 Å². The average Bonchev–Trinajstić information content (AvgIpc) is 3.33. The van der Waals surface area contributed by atoms with Crippen LogP contribution in [0.2, 0.25) is 0 Å². The number of fused-ring (bicyclic) bond motifs is 2. The van der Waals surface area contributed by atoms with Gasteiger partial charge in [0.05, 0.1) is 36.6 Å². The number of carbonyl (C=O) groups is 2. The Labute approximate surface area is 238 Å². The molecule has 0 unspecified atom stereocenters. The Morgan fingerprint density at radius 2 is 1.90 bits per heavy atom. The van der Waals surface area contributed by atoms with Crippen molar-refractivity contribution in [3.05, 3.63) is 70.1 Å². The Balaban J connectivity index is 1.56. The van der Waals surface area contributed by atoms with Crippen molar-refractivity contribution in [2.75, 3.05) is 19.5 Å². The predicted molar refractivity (Wildman–Crippen MR) is 161 cm³/mol. The Morgan fingerprint density at radius 3 is 2.60 bits per heavy atom. The van der Waals surface area contributed by atoms with Crippen LogP contribution in [0.15, 0.2) is 48.5 Å². The van der Waals surface area contributed by atoms with Gasteiger partial charge in [0.25, 0.3) is 11.8 Å². The summed E-state index contributed by atoms with van der Waals surface area (Å²) >= 11 is 1.48. The van der Waals surface area contributed by atoms with E-state index in [0.717, 1.165) is 41.7 Å². The Hall–Kier alpha value is -3.91. The number of hydrogen-bond donors (Lipinski definition) is 2. The first-order valence-corrected chi connectivity index (χ1v) is 14.4. The predicted octanol–water partition coefficient (Wildman–Crippen LogP) is 6.87. The number of nitrogens with two attached hydrogens (primary N) is 1. The molecule has 3 N–H and O–H groups in total. The smallest absolute Gasteiger partial charge is 0.257 e. The number of aromatic nitrogens is 1. The molecule has 2 heterocycles. The number of benzene rings is 2. The first kappa shape index (κ1) is 27.6. The van der Waals surface area contributed by atoms with E-state index in [1.807, 2.05) is 36.4 Å². The fourth-order valence-corrected chi connectivity index (χ4v) is 6.90. The van der Waals surface area contributed by atoms with Crippen LogP contribution in [0.1, 0.15) is 64.8 Å². The zero-order valence-corrected chi connectivity index (χ0v) is 24.4. The second kappa shape index (κ2) is 10.9. The summed E-state index contributed by atoms with van der Waals surface area (Å²) in [6.07, 6.45) is 3.76. The van der Waals surface area contributed by atoms with Crippen LogP contribution >= 0.6 is 11.3 Å². The van der Waals surface area contributed by atoms with Crippen molar-refractivity contribution in [1.29, 1.82) is 0 Å². The number of methoxy groups -OCH3 is 2. The number of amides is 2. The van der Waals surface area contributed by atoms with Gasteiger partial charge in [-0.1, -0.05) is 45.4 Å². The maximum Gasteiger partial charge on any atom is 0.257 e. The minimum Gasteiger partial charge on any atom is -0.497 e. The highest BCUT2D eigenvalue weighted by Gasteiger charge is 2.35. The van der Waals surface area contributed by atoms with E-state index in [1.165, 1.54) is 11.3 Å². The van der Waals surface area contributed by atoms with E-state index in [0.29, 0.717) is 50.1 Å². The molecule has 2 aromatic heterocycles. The molecule has 8 heteroatoms. The minimum absolute atomic E-state index is 0.201. The largest absolute Gasteiger partial charge is 0.497 e. The SMILES string of the molecule is CCC(C)(C)[C@H]1CCc2c(sc(NC(=O)c3cc(-c4ccc(OC)cc4OC)nc4ccccc34)c2C(N)=O)C1. The van der Waals surface area contributed by atoms with E-state index in [2.05, 4.69) is 26.1 Å². The van der Waals surface area contributed by atoms with E-state index in [9.17, 15) is 9.59 Å².